The summed E-state index contributed by atoms with van der Waals surface area (Å²) in [6.45, 7) is 2.13. The molecule has 0 radical (unpaired) electrons. The second-order valence-corrected chi connectivity index (χ2v) is 16.1. The van der Waals surface area contributed by atoms with E-state index in [9.17, 15) is 0 Å². The van der Waals surface area contributed by atoms with E-state index < -0.39 is 0 Å². The van der Waals surface area contributed by atoms with Gasteiger partial charge in [-0.05, 0) is 129 Å². The number of hydrogen-bond acceptors (Lipinski definition) is 1. The van der Waals surface area contributed by atoms with Crippen molar-refractivity contribution in [3.63, 3.8) is 0 Å². The zero-order valence-corrected chi connectivity index (χ0v) is 35.8. The fourth-order valence-electron chi connectivity index (χ4n) is 8.19. The number of nitrogens with zero attached hydrogens (tertiary/aromatic N) is 1. The minimum absolute atomic E-state index is 0.962. The molecule has 0 heterocycles. The van der Waals surface area contributed by atoms with E-state index in [1.165, 1.54) is 72.3 Å². The van der Waals surface area contributed by atoms with Gasteiger partial charge in [-0.1, -0.05) is 224 Å². The van der Waals surface area contributed by atoms with Gasteiger partial charge in [-0.25, -0.2) is 0 Å². The van der Waals surface area contributed by atoms with Crippen molar-refractivity contribution >= 4 is 22.6 Å². The van der Waals surface area contributed by atoms with E-state index in [0.717, 1.165) is 36.3 Å². The molecule has 0 saturated carbocycles. The van der Waals surface area contributed by atoms with Crippen molar-refractivity contribution in [2.45, 2.75) is 26.2 Å². The standard InChI is InChI=1S/C37H31N.C25H20/c1-28-12-14-31(15-13-28)34-20-26-37(27-21-34)38(35-22-16-32(17-23-35)29-8-4-2-5-9-29)36-24-18-33(19-25-36)30-10-6-3-7-11-30;1-3-7-22(8-4-1)24-15-11-20(12-16-24)19-21-13-17-25(18-14-21)23-9-5-2-6-10-23/h2,4-6,8-27H,3,7H2,1H3;1-18H,19H2. The Morgan fingerprint density at radius 2 is 0.635 bits per heavy atom. The average molecular weight is 810 g/mol. The molecule has 1 aliphatic rings. The van der Waals surface area contributed by atoms with Crippen LogP contribution in [0.4, 0.5) is 17.1 Å². The zero-order chi connectivity index (χ0) is 42.6. The zero-order valence-electron chi connectivity index (χ0n) is 35.8. The van der Waals surface area contributed by atoms with Crippen molar-refractivity contribution in [3.05, 3.63) is 277 Å². The van der Waals surface area contributed by atoms with Crippen LogP contribution in [0.2, 0.25) is 0 Å². The first-order valence-corrected chi connectivity index (χ1v) is 22.0. The molecule has 0 fully saturated rings. The van der Waals surface area contributed by atoms with Crippen LogP contribution in [0.15, 0.2) is 255 Å². The first-order chi connectivity index (χ1) is 31.1. The molecule has 304 valence electrons. The summed E-state index contributed by atoms with van der Waals surface area (Å²) >= 11 is 0. The van der Waals surface area contributed by atoms with Crippen LogP contribution in [0.25, 0.3) is 50.1 Å². The molecule has 1 nitrogen and oxygen atoms in total. The lowest BCUT2D eigenvalue weighted by Gasteiger charge is -2.26. The van der Waals surface area contributed by atoms with E-state index in [0.29, 0.717) is 0 Å². The molecule has 0 spiro atoms. The highest BCUT2D eigenvalue weighted by molar-refractivity contribution is 5.82. The Labute approximate surface area is 373 Å². The van der Waals surface area contributed by atoms with E-state index in [1.54, 1.807) is 0 Å². The maximum absolute atomic E-state index is 2.34. The van der Waals surface area contributed by atoms with Gasteiger partial charge in [0.15, 0.2) is 0 Å². The van der Waals surface area contributed by atoms with Crippen LogP contribution in [-0.4, -0.2) is 0 Å². The molecule has 63 heavy (non-hydrogen) atoms. The van der Waals surface area contributed by atoms with Crippen molar-refractivity contribution in [3.8, 4) is 44.5 Å². The van der Waals surface area contributed by atoms with Crippen LogP contribution in [-0.2, 0) is 6.42 Å². The van der Waals surface area contributed by atoms with Crippen molar-refractivity contribution in [2.24, 2.45) is 0 Å². The third-order valence-electron chi connectivity index (χ3n) is 11.7. The second-order valence-electron chi connectivity index (χ2n) is 16.1. The summed E-state index contributed by atoms with van der Waals surface area (Å²) in [5.41, 5.74) is 19.9. The van der Waals surface area contributed by atoms with Crippen LogP contribution in [0.3, 0.4) is 0 Å². The van der Waals surface area contributed by atoms with Gasteiger partial charge in [0, 0.05) is 17.1 Å². The molecule has 0 bridgehead atoms. The molecule has 1 heteroatoms. The Morgan fingerprint density at radius 3 is 0.984 bits per heavy atom. The summed E-state index contributed by atoms with van der Waals surface area (Å²) in [7, 11) is 0. The number of allylic oxidation sites excluding steroid dienone is 4. The van der Waals surface area contributed by atoms with Crippen LogP contribution < -0.4 is 4.90 Å². The summed E-state index contributed by atoms with van der Waals surface area (Å²) in [5, 5.41) is 0. The largest absolute Gasteiger partial charge is 0.311 e. The summed E-state index contributed by atoms with van der Waals surface area (Å²) < 4.78 is 0. The SMILES string of the molecule is Cc1ccc(-c2ccc(N(c3ccc(C4=CCCC=C4)cc3)c3ccc(-c4ccccc4)cc3)cc2)cc1.c1ccc(-c2ccc(Cc3ccc(-c4ccccc4)cc3)cc2)cc1. The predicted molar refractivity (Wildman–Crippen MR) is 270 cm³/mol. The van der Waals surface area contributed by atoms with E-state index in [2.05, 4.69) is 267 Å². The fraction of sp³-hybridized carbons (Fsp3) is 0.0645. The molecular weight excluding hydrogens is 759 g/mol. The highest BCUT2D eigenvalue weighted by Gasteiger charge is 2.14. The number of aryl methyl sites for hydroxylation is 1. The number of anilines is 3. The minimum Gasteiger partial charge on any atom is -0.311 e. The number of hydrogen-bond donors (Lipinski definition) is 0. The van der Waals surface area contributed by atoms with Gasteiger partial charge in [-0.3, -0.25) is 0 Å². The summed E-state index contributed by atoms with van der Waals surface area (Å²) in [5.74, 6) is 0. The lowest BCUT2D eigenvalue weighted by Crippen LogP contribution is -2.10. The van der Waals surface area contributed by atoms with E-state index in [-0.39, 0.29) is 0 Å². The summed E-state index contributed by atoms with van der Waals surface area (Å²) in [6.07, 6.45) is 10.0. The first kappa shape index (κ1) is 40.7. The summed E-state index contributed by atoms with van der Waals surface area (Å²) in [4.78, 5) is 2.34. The third kappa shape index (κ3) is 10.2. The molecule has 0 atom stereocenters. The van der Waals surface area contributed by atoms with Crippen LogP contribution in [0.5, 0.6) is 0 Å². The predicted octanol–water partition coefficient (Wildman–Crippen LogP) is 17.1. The van der Waals surface area contributed by atoms with Crippen molar-refractivity contribution < 1.29 is 0 Å². The smallest absolute Gasteiger partial charge is 0.0462 e. The fourth-order valence-corrected chi connectivity index (χ4v) is 8.19. The molecule has 9 aromatic rings. The Kier molecular flexibility index (Phi) is 12.8. The van der Waals surface area contributed by atoms with E-state index in [1.807, 2.05) is 0 Å². The van der Waals surface area contributed by atoms with Gasteiger partial charge in [-0.2, -0.15) is 0 Å². The molecule has 9 aromatic carbocycles. The summed E-state index contributed by atoms with van der Waals surface area (Å²) in [6, 6.07) is 84.8. The minimum atomic E-state index is 0.962. The quantitative estimate of drug-likeness (QED) is 0.133. The molecule has 1 aliphatic carbocycles. The van der Waals surface area contributed by atoms with Crippen LogP contribution in [0, 0.1) is 6.92 Å². The first-order valence-electron chi connectivity index (χ1n) is 22.0. The van der Waals surface area contributed by atoms with Crippen molar-refractivity contribution in [1.82, 2.24) is 0 Å². The van der Waals surface area contributed by atoms with E-state index in [4.69, 9.17) is 0 Å². The molecule has 0 saturated heterocycles. The van der Waals surface area contributed by atoms with Gasteiger partial charge in [0.05, 0.1) is 0 Å². The highest BCUT2D eigenvalue weighted by Crippen LogP contribution is 2.38. The van der Waals surface area contributed by atoms with Crippen molar-refractivity contribution in [2.75, 3.05) is 4.90 Å². The molecule has 0 amide bonds. The highest BCUT2D eigenvalue weighted by atomic mass is 15.1. The van der Waals surface area contributed by atoms with Gasteiger partial charge < -0.3 is 4.90 Å². The van der Waals surface area contributed by atoms with Gasteiger partial charge in [0.1, 0.15) is 0 Å². The van der Waals surface area contributed by atoms with Crippen molar-refractivity contribution in [1.29, 1.82) is 0 Å². The lowest BCUT2D eigenvalue weighted by molar-refractivity contribution is 1.04. The molecule has 0 aromatic heterocycles. The Bertz CT molecular complexity index is 2790. The third-order valence-corrected chi connectivity index (χ3v) is 11.7. The molecule has 10 rings (SSSR count). The lowest BCUT2D eigenvalue weighted by atomic mass is 9.98. The average Bonchev–Trinajstić information content (AvgIpc) is 3.37. The van der Waals surface area contributed by atoms with Gasteiger partial charge >= 0.3 is 0 Å². The maximum Gasteiger partial charge on any atom is 0.0462 e. The van der Waals surface area contributed by atoms with Crippen LogP contribution in [0.1, 0.15) is 35.1 Å². The molecule has 0 N–H and O–H groups in total. The Hall–Kier alpha value is -7.74. The van der Waals surface area contributed by atoms with Crippen LogP contribution >= 0.6 is 0 Å². The normalized spacial score (nSPS) is 11.9. The second kappa shape index (κ2) is 19.8. The molecule has 0 unspecified atom stereocenters. The van der Waals surface area contributed by atoms with Gasteiger partial charge in [0.25, 0.3) is 0 Å². The monoisotopic (exact) mass is 809 g/mol. The molecule has 0 aliphatic heterocycles. The number of benzene rings is 9. The van der Waals surface area contributed by atoms with E-state index >= 15 is 0 Å². The topological polar surface area (TPSA) is 3.24 Å². The Balaban J connectivity index is 0.000000174. The Morgan fingerprint density at radius 1 is 0.317 bits per heavy atom. The van der Waals surface area contributed by atoms with Gasteiger partial charge in [0.2, 0.25) is 0 Å². The maximum atomic E-state index is 2.34. The number of rotatable bonds is 10. The molecular formula is C62H51N. The van der Waals surface area contributed by atoms with Gasteiger partial charge in [-0.15, -0.1) is 0 Å².